The number of rotatable bonds is 8. The van der Waals surface area contributed by atoms with E-state index in [2.05, 4.69) is 15.2 Å². The van der Waals surface area contributed by atoms with Gasteiger partial charge in [0.1, 0.15) is 11.5 Å². The summed E-state index contributed by atoms with van der Waals surface area (Å²) in [5, 5.41) is 4.15. The second-order valence-electron chi connectivity index (χ2n) is 7.66. The fourth-order valence-electron chi connectivity index (χ4n) is 3.29. The van der Waals surface area contributed by atoms with Crippen molar-refractivity contribution in [2.75, 3.05) is 18.9 Å². The van der Waals surface area contributed by atoms with Crippen molar-refractivity contribution in [2.45, 2.75) is 25.7 Å². The van der Waals surface area contributed by atoms with Crippen molar-refractivity contribution in [1.82, 2.24) is 5.43 Å². The van der Waals surface area contributed by atoms with Gasteiger partial charge in [-0.05, 0) is 62.7 Å². The average molecular weight is 482 g/mol. The summed E-state index contributed by atoms with van der Waals surface area (Å²) in [4.78, 5) is 12.6. The molecule has 3 aromatic carbocycles. The zero-order valence-corrected chi connectivity index (χ0v) is 20.5. The average Bonchev–Trinajstić information content (AvgIpc) is 2.83. The van der Waals surface area contributed by atoms with Crippen molar-refractivity contribution < 1.29 is 22.7 Å². The molecule has 0 spiro atoms. The van der Waals surface area contributed by atoms with Gasteiger partial charge < -0.3 is 9.47 Å². The molecule has 3 rings (SSSR count). The van der Waals surface area contributed by atoms with Gasteiger partial charge in [0.2, 0.25) is 0 Å². The van der Waals surface area contributed by atoms with Crippen LogP contribution in [-0.4, -0.2) is 34.3 Å². The van der Waals surface area contributed by atoms with Gasteiger partial charge in [-0.2, -0.15) is 5.10 Å². The first-order valence-electron chi connectivity index (χ1n) is 10.4. The number of carbonyl (C=O) groups excluding carboxylic acids is 1. The van der Waals surface area contributed by atoms with Gasteiger partial charge in [0, 0.05) is 17.2 Å². The molecule has 34 heavy (non-hydrogen) atoms. The molecule has 0 unspecified atom stereocenters. The number of methoxy groups -OCH3 is 2. The van der Waals surface area contributed by atoms with Crippen LogP contribution in [0.15, 0.2) is 70.7 Å². The normalized spacial score (nSPS) is 11.6. The molecule has 9 heteroatoms. The lowest BCUT2D eigenvalue weighted by Crippen LogP contribution is -2.20. The third kappa shape index (κ3) is 5.74. The Balaban J connectivity index is 1.79. The predicted octanol–water partition coefficient (Wildman–Crippen LogP) is 4.28. The molecule has 8 nitrogen and oxygen atoms in total. The zero-order chi connectivity index (χ0) is 24.9. The number of hydrogen-bond donors (Lipinski definition) is 2. The summed E-state index contributed by atoms with van der Waals surface area (Å²) in [6, 6.07) is 16.4. The van der Waals surface area contributed by atoms with Crippen LogP contribution in [0.1, 0.15) is 34.0 Å². The van der Waals surface area contributed by atoms with E-state index in [0.717, 1.165) is 11.1 Å². The maximum Gasteiger partial charge on any atom is 0.271 e. The van der Waals surface area contributed by atoms with Gasteiger partial charge >= 0.3 is 0 Å². The van der Waals surface area contributed by atoms with Crippen molar-refractivity contribution in [3.63, 3.8) is 0 Å². The molecule has 2 N–H and O–H groups in total. The fraction of sp³-hybridized carbons (Fsp3) is 0.200. The number of aryl methyl sites for hydroxylation is 2. The minimum absolute atomic E-state index is 0.0300. The first-order chi connectivity index (χ1) is 16.1. The molecule has 0 aliphatic heterocycles. The Labute approximate surface area is 199 Å². The predicted molar refractivity (Wildman–Crippen MR) is 132 cm³/mol. The minimum Gasteiger partial charge on any atom is -0.497 e. The molecule has 0 radical (unpaired) electrons. The highest BCUT2D eigenvalue weighted by Crippen LogP contribution is 2.25. The second-order valence-corrected chi connectivity index (χ2v) is 9.34. The van der Waals surface area contributed by atoms with Crippen molar-refractivity contribution >= 4 is 27.3 Å². The highest BCUT2D eigenvalue weighted by Gasteiger charge is 2.18. The number of sulfonamides is 1. The first-order valence-corrected chi connectivity index (χ1v) is 11.9. The number of amides is 1. The standard InChI is InChI=1S/C25H27N3O5S/c1-16-9-12-23(17(2)13-16)28-34(30,31)21-8-6-7-19(14-21)25(29)27-26-18(3)22-11-10-20(32-4)15-24(22)33-5/h6-15,28H,1-5H3,(H,27,29)/b26-18+. The van der Waals surface area contributed by atoms with E-state index in [1.165, 1.54) is 31.4 Å². The van der Waals surface area contributed by atoms with Crippen LogP contribution in [0, 0.1) is 13.8 Å². The van der Waals surface area contributed by atoms with Gasteiger partial charge in [-0.1, -0.05) is 23.8 Å². The molecule has 178 valence electrons. The van der Waals surface area contributed by atoms with Crippen LogP contribution in [0.2, 0.25) is 0 Å². The largest absolute Gasteiger partial charge is 0.497 e. The van der Waals surface area contributed by atoms with Gasteiger partial charge in [0.05, 0.1) is 30.5 Å². The van der Waals surface area contributed by atoms with Gasteiger partial charge in [0.15, 0.2) is 0 Å². The van der Waals surface area contributed by atoms with Crippen LogP contribution < -0.4 is 19.6 Å². The highest BCUT2D eigenvalue weighted by molar-refractivity contribution is 7.92. The van der Waals surface area contributed by atoms with Crippen LogP contribution in [0.25, 0.3) is 0 Å². The Hall–Kier alpha value is -3.85. The summed E-state index contributed by atoms with van der Waals surface area (Å²) in [5.74, 6) is 0.626. The molecule has 0 aliphatic rings. The zero-order valence-electron chi connectivity index (χ0n) is 19.7. The number of ether oxygens (including phenoxy) is 2. The van der Waals surface area contributed by atoms with E-state index in [4.69, 9.17) is 9.47 Å². The number of hydrazone groups is 1. The molecule has 0 saturated heterocycles. The lowest BCUT2D eigenvalue weighted by Gasteiger charge is -2.12. The summed E-state index contributed by atoms with van der Waals surface area (Å²) in [7, 11) is -0.802. The van der Waals surface area contributed by atoms with Crippen molar-refractivity contribution in [1.29, 1.82) is 0 Å². The number of benzene rings is 3. The molecule has 1 amide bonds. The monoisotopic (exact) mass is 481 g/mol. The third-order valence-corrected chi connectivity index (χ3v) is 6.52. The quantitative estimate of drug-likeness (QED) is 0.369. The molecule has 3 aromatic rings. The van der Waals surface area contributed by atoms with Crippen LogP contribution in [0.5, 0.6) is 11.5 Å². The van der Waals surface area contributed by atoms with Gasteiger partial charge in [-0.3, -0.25) is 9.52 Å². The molecule has 0 bridgehead atoms. The molecule has 0 fully saturated rings. The van der Waals surface area contributed by atoms with E-state index in [-0.39, 0.29) is 10.5 Å². The van der Waals surface area contributed by atoms with E-state index in [0.29, 0.717) is 28.5 Å². The third-order valence-electron chi connectivity index (χ3n) is 5.16. The van der Waals surface area contributed by atoms with Gasteiger partial charge in [-0.25, -0.2) is 13.8 Å². The summed E-state index contributed by atoms with van der Waals surface area (Å²) >= 11 is 0. The Morgan fingerprint density at radius 1 is 0.941 bits per heavy atom. The minimum atomic E-state index is -3.89. The maximum absolute atomic E-state index is 12.9. The Bertz CT molecular complexity index is 1350. The van der Waals surface area contributed by atoms with E-state index < -0.39 is 15.9 Å². The number of nitrogens with one attached hydrogen (secondary N) is 2. The van der Waals surface area contributed by atoms with Gasteiger partial charge in [0.25, 0.3) is 15.9 Å². The summed E-state index contributed by atoms with van der Waals surface area (Å²) in [6.45, 7) is 5.48. The fourth-order valence-corrected chi connectivity index (χ4v) is 4.47. The van der Waals surface area contributed by atoms with E-state index in [1.807, 2.05) is 26.0 Å². The molecule has 0 aliphatic carbocycles. The molecule has 0 aromatic heterocycles. The van der Waals surface area contributed by atoms with Gasteiger partial charge in [-0.15, -0.1) is 0 Å². The van der Waals surface area contributed by atoms with E-state index in [9.17, 15) is 13.2 Å². The Kier molecular flexibility index (Phi) is 7.57. The highest BCUT2D eigenvalue weighted by atomic mass is 32.2. The molecular formula is C25H27N3O5S. The first kappa shape index (κ1) is 24.8. The lowest BCUT2D eigenvalue weighted by molar-refractivity contribution is 0.0954. The topological polar surface area (TPSA) is 106 Å². The van der Waals surface area contributed by atoms with E-state index in [1.54, 1.807) is 38.3 Å². The molecular weight excluding hydrogens is 454 g/mol. The Morgan fingerprint density at radius 3 is 2.38 bits per heavy atom. The summed E-state index contributed by atoms with van der Waals surface area (Å²) in [5.41, 5.74) is 6.12. The van der Waals surface area contributed by atoms with Crippen molar-refractivity contribution in [3.05, 3.63) is 82.9 Å². The molecule has 0 atom stereocenters. The molecule has 0 heterocycles. The molecule has 0 saturated carbocycles. The van der Waals surface area contributed by atoms with Crippen molar-refractivity contribution in [2.24, 2.45) is 5.10 Å². The van der Waals surface area contributed by atoms with E-state index >= 15 is 0 Å². The van der Waals surface area contributed by atoms with Crippen LogP contribution in [0.3, 0.4) is 0 Å². The Morgan fingerprint density at radius 2 is 1.71 bits per heavy atom. The number of nitrogens with zero attached hydrogens (tertiary/aromatic N) is 1. The smallest absolute Gasteiger partial charge is 0.271 e. The second kappa shape index (κ2) is 10.4. The summed E-state index contributed by atoms with van der Waals surface area (Å²) in [6.07, 6.45) is 0. The van der Waals surface area contributed by atoms with Crippen LogP contribution in [-0.2, 0) is 10.0 Å². The number of carbonyl (C=O) groups is 1. The van der Waals surface area contributed by atoms with Crippen molar-refractivity contribution in [3.8, 4) is 11.5 Å². The number of anilines is 1. The number of hydrogen-bond acceptors (Lipinski definition) is 6. The summed E-state index contributed by atoms with van der Waals surface area (Å²) < 4.78 is 38.9. The van der Waals surface area contributed by atoms with Crippen LogP contribution in [0.4, 0.5) is 5.69 Å². The lowest BCUT2D eigenvalue weighted by atomic mass is 10.1. The van der Waals surface area contributed by atoms with Crippen LogP contribution >= 0.6 is 0 Å². The maximum atomic E-state index is 12.9. The SMILES string of the molecule is COc1ccc(/C(C)=N/NC(=O)c2cccc(S(=O)(=O)Nc3ccc(C)cc3C)c2)c(OC)c1.